The molecule has 194 valence electrons. The van der Waals surface area contributed by atoms with Crippen LogP contribution < -0.4 is 15.4 Å². The number of morpholine rings is 1. The largest absolute Gasteiger partial charge is 0.488 e. The Hall–Kier alpha value is -3.49. The second-order valence-electron chi connectivity index (χ2n) is 9.71. The van der Waals surface area contributed by atoms with E-state index in [1.807, 2.05) is 36.4 Å². The molecule has 8 heteroatoms. The molecule has 1 aliphatic heterocycles. The predicted molar refractivity (Wildman–Crippen MR) is 146 cm³/mol. The van der Waals surface area contributed by atoms with E-state index >= 15 is 0 Å². The Morgan fingerprint density at radius 1 is 1.19 bits per heavy atom. The molecule has 0 unspecified atom stereocenters. The van der Waals surface area contributed by atoms with Crippen molar-refractivity contribution in [1.82, 2.24) is 14.9 Å². The van der Waals surface area contributed by atoms with Gasteiger partial charge in [-0.1, -0.05) is 36.4 Å². The van der Waals surface area contributed by atoms with Crippen LogP contribution in [0.25, 0.3) is 10.9 Å². The third-order valence-electron chi connectivity index (χ3n) is 6.92. The van der Waals surface area contributed by atoms with Crippen LogP contribution in [0.5, 0.6) is 5.75 Å². The summed E-state index contributed by atoms with van der Waals surface area (Å²) in [4.78, 5) is 24.3. The maximum Gasteiger partial charge on any atom is 0.248 e. The van der Waals surface area contributed by atoms with E-state index in [9.17, 15) is 4.79 Å². The van der Waals surface area contributed by atoms with Gasteiger partial charge in [-0.3, -0.25) is 9.69 Å². The molecule has 0 radical (unpaired) electrons. The second-order valence-corrected chi connectivity index (χ2v) is 9.71. The standard InChI is InChI=1S/C29H35N5O3/c1-21(22-8-3-2-4-9-22)31-29-30-20-23-18-26(27(19-25(23)33-29)37-24-10-5-6-11-24)32-28(35)12-7-13-34-14-16-36-17-15-34/h2-4,7-9,12,18-21,24H,5-6,10-11,13-17H2,1H3,(H,32,35)(H,30,31,33)/t21-/m1/s1. The molecule has 3 aromatic rings. The smallest absolute Gasteiger partial charge is 0.248 e. The Kier molecular flexibility index (Phi) is 8.28. The molecular weight excluding hydrogens is 466 g/mol. The highest BCUT2D eigenvalue weighted by Gasteiger charge is 2.20. The molecule has 1 saturated heterocycles. The van der Waals surface area contributed by atoms with E-state index in [4.69, 9.17) is 14.5 Å². The highest BCUT2D eigenvalue weighted by atomic mass is 16.5. The Bertz CT molecular complexity index is 1220. The van der Waals surface area contributed by atoms with Crippen LogP contribution in [-0.2, 0) is 9.53 Å². The van der Waals surface area contributed by atoms with Crippen molar-refractivity contribution in [2.24, 2.45) is 0 Å². The van der Waals surface area contributed by atoms with Crippen LogP contribution in [0.15, 0.2) is 60.8 Å². The van der Waals surface area contributed by atoms with Gasteiger partial charge in [0, 0.05) is 43.4 Å². The van der Waals surface area contributed by atoms with Crippen LogP contribution in [0, 0.1) is 0 Å². The van der Waals surface area contributed by atoms with Crippen molar-refractivity contribution in [2.75, 3.05) is 43.5 Å². The molecule has 8 nitrogen and oxygen atoms in total. The number of fused-ring (bicyclic) bond motifs is 1. The molecular formula is C29H35N5O3. The normalized spacial score (nSPS) is 17.8. The summed E-state index contributed by atoms with van der Waals surface area (Å²) in [5, 5.41) is 7.24. The van der Waals surface area contributed by atoms with Gasteiger partial charge in [0.15, 0.2) is 0 Å². The summed E-state index contributed by atoms with van der Waals surface area (Å²) >= 11 is 0. The number of nitrogens with one attached hydrogen (secondary N) is 2. The maximum absolute atomic E-state index is 12.8. The minimum absolute atomic E-state index is 0.0654. The average molecular weight is 502 g/mol. The lowest BCUT2D eigenvalue weighted by molar-refractivity contribution is -0.111. The van der Waals surface area contributed by atoms with Gasteiger partial charge in [-0.2, -0.15) is 0 Å². The third kappa shape index (κ3) is 6.84. The Balaban J connectivity index is 1.33. The van der Waals surface area contributed by atoms with Crippen molar-refractivity contribution < 1.29 is 14.3 Å². The number of rotatable bonds is 9. The van der Waals surface area contributed by atoms with E-state index < -0.39 is 0 Å². The number of carbonyl (C=O) groups is 1. The minimum Gasteiger partial charge on any atom is -0.488 e. The zero-order valence-corrected chi connectivity index (χ0v) is 21.4. The van der Waals surface area contributed by atoms with Gasteiger partial charge in [0.05, 0.1) is 36.6 Å². The molecule has 1 saturated carbocycles. The first-order valence-corrected chi connectivity index (χ1v) is 13.2. The highest BCUT2D eigenvalue weighted by Crippen LogP contribution is 2.34. The second kappa shape index (κ2) is 12.2. The summed E-state index contributed by atoms with van der Waals surface area (Å²) in [5.74, 6) is 1.02. The molecule has 2 aliphatic rings. The van der Waals surface area contributed by atoms with Gasteiger partial charge in [-0.25, -0.2) is 9.97 Å². The van der Waals surface area contributed by atoms with Gasteiger partial charge in [-0.05, 0) is 44.2 Å². The highest BCUT2D eigenvalue weighted by molar-refractivity contribution is 6.02. The summed E-state index contributed by atoms with van der Waals surface area (Å²) in [6.07, 6.45) is 9.80. The lowest BCUT2D eigenvalue weighted by atomic mass is 10.1. The summed E-state index contributed by atoms with van der Waals surface area (Å²) < 4.78 is 11.7. The lowest BCUT2D eigenvalue weighted by Crippen LogP contribution is -2.36. The van der Waals surface area contributed by atoms with Crippen molar-refractivity contribution in [3.63, 3.8) is 0 Å². The lowest BCUT2D eigenvalue weighted by Gasteiger charge is -2.25. The number of ether oxygens (including phenoxy) is 2. The molecule has 0 spiro atoms. The molecule has 1 atom stereocenters. The van der Waals surface area contributed by atoms with Crippen LogP contribution in [0.1, 0.15) is 44.2 Å². The third-order valence-corrected chi connectivity index (χ3v) is 6.92. The topological polar surface area (TPSA) is 88.6 Å². The number of aromatic nitrogens is 2. The quantitative estimate of drug-likeness (QED) is 0.401. The summed E-state index contributed by atoms with van der Waals surface area (Å²) in [7, 11) is 0. The predicted octanol–water partition coefficient (Wildman–Crippen LogP) is 4.95. The number of hydrogen-bond donors (Lipinski definition) is 2. The zero-order chi connectivity index (χ0) is 25.5. The van der Waals surface area contributed by atoms with E-state index in [0.717, 1.165) is 75.0 Å². The van der Waals surface area contributed by atoms with Crippen molar-refractivity contribution in [3.8, 4) is 5.75 Å². The molecule has 1 amide bonds. The number of benzene rings is 2. The Morgan fingerprint density at radius 3 is 2.76 bits per heavy atom. The molecule has 2 fully saturated rings. The molecule has 37 heavy (non-hydrogen) atoms. The van der Waals surface area contributed by atoms with E-state index in [-0.39, 0.29) is 18.1 Å². The molecule has 2 heterocycles. The molecule has 1 aromatic heterocycles. The maximum atomic E-state index is 12.8. The average Bonchev–Trinajstić information content (AvgIpc) is 3.43. The zero-order valence-electron chi connectivity index (χ0n) is 21.4. The summed E-state index contributed by atoms with van der Waals surface area (Å²) in [5.41, 5.74) is 2.57. The first-order valence-electron chi connectivity index (χ1n) is 13.2. The van der Waals surface area contributed by atoms with Crippen molar-refractivity contribution in [2.45, 2.75) is 44.8 Å². The fourth-order valence-electron chi connectivity index (χ4n) is 4.80. The van der Waals surface area contributed by atoms with Crippen LogP contribution in [0.3, 0.4) is 0 Å². The fourth-order valence-corrected chi connectivity index (χ4v) is 4.80. The number of amides is 1. The molecule has 0 bridgehead atoms. The van der Waals surface area contributed by atoms with Gasteiger partial charge in [-0.15, -0.1) is 0 Å². The van der Waals surface area contributed by atoms with E-state index in [1.54, 1.807) is 12.3 Å². The number of anilines is 2. The van der Waals surface area contributed by atoms with Crippen LogP contribution in [0.2, 0.25) is 0 Å². The Morgan fingerprint density at radius 2 is 1.97 bits per heavy atom. The van der Waals surface area contributed by atoms with Gasteiger partial charge < -0.3 is 20.1 Å². The van der Waals surface area contributed by atoms with Crippen molar-refractivity contribution in [1.29, 1.82) is 0 Å². The first kappa shape index (κ1) is 25.2. The van der Waals surface area contributed by atoms with Gasteiger partial charge in [0.25, 0.3) is 0 Å². The summed E-state index contributed by atoms with van der Waals surface area (Å²) in [6, 6.07) is 14.1. The molecule has 5 rings (SSSR count). The Labute approximate surface area is 218 Å². The molecule has 2 N–H and O–H groups in total. The van der Waals surface area contributed by atoms with Crippen molar-refractivity contribution >= 4 is 28.4 Å². The summed E-state index contributed by atoms with van der Waals surface area (Å²) in [6.45, 7) is 6.06. The monoisotopic (exact) mass is 501 g/mol. The number of nitrogens with zero attached hydrogens (tertiary/aromatic N) is 3. The van der Waals surface area contributed by atoms with Crippen molar-refractivity contribution in [3.05, 3.63) is 66.4 Å². The van der Waals surface area contributed by atoms with Crippen LogP contribution in [-0.4, -0.2) is 59.7 Å². The number of hydrogen-bond acceptors (Lipinski definition) is 7. The number of carbonyl (C=O) groups excluding carboxylic acids is 1. The molecule has 2 aromatic carbocycles. The molecule has 1 aliphatic carbocycles. The SMILES string of the molecule is C[C@@H](Nc1ncc2cc(NC(=O)C=CCN3CCOCC3)c(OC3CCCC3)cc2n1)c1ccccc1. The van der Waals surface area contributed by atoms with Gasteiger partial charge in [0.1, 0.15) is 5.75 Å². The van der Waals surface area contributed by atoms with Crippen LogP contribution in [0.4, 0.5) is 11.6 Å². The van der Waals surface area contributed by atoms with Gasteiger partial charge >= 0.3 is 0 Å². The van der Waals surface area contributed by atoms with E-state index in [0.29, 0.717) is 17.4 Å². The van der Waals surface area contributed by atoms with E-state index in [2.05, 4.69) is 39.6 Å². The fraction of sp³-hybridized carbons (Fsp3) is 0.414. The van der Waals surface area contributed by atoms with E-state index in [1.165, 1.54) is 0 Å². The minimum atomic E-state index is -0.181. The first-order chi connectivity index (χ1) is 18.1. The van der Waals surface area contributed by atoms with Gasteiger partial charge in [0.2, 0.25) is 11.9 Å². The van der Waals surface area contributed by atoms with Crippen LogP contribution >= 0.6 is 0 Å².